The molecule has 3 aromatic carbocycles. The van der Waals surface area contributed by atoms with Crippen LogP contribution in [0.4, 0.5) is 5.69 Å². The lowest BCUT2D eigenvalue weighted by molar-refractivity contribution is 0.588. The van der Waals surface area contributed by atoms with Crippen LogP contribution in [0.1, 0.15) is 5.56 Å². The number of aromatic amines is 1. The molecule has 0 aliphatic carbocycles. The second kappa shape index (κ2) is 8.03. The zero-order chi connectivity index (χ0) is 22.2. The minimum Gasteiger partial charge on any atom is -0.587 e. The average molecular weight is 441 g/mol. The van der Waals surface area contributed by atoms with Gasteiger partial charge in [0.2, 0.25) is 0 Å². The Balaban J connectivity index is 1.53. The van der Waals surface area contributed by atoms with E-state index in [1.807, 2.05) is 67.6 Å². The van der Waals surface area contributed by atoms with Crippen LogP contribution in [0.5, 0.6) is 0 Å². The van der Waals surface area contributed by atoms with Crippen molar-refractivity contribution in [3.05, 3.63) is 101 Å². The Kier molecular flexibility index (Phi) is 5.05. The molecule has 0 fully saturated rings. The number of hydrogen-bond acceptors (Lipinski definition) is 4. The van der Waals surface area contributed by atoms with Crippen LogP contribution in [0.15, 0.2) is 94.7 Å². The fraction of sp³-hybridized carbons (Fsp3) is 0.0400. The molecule has 5 rings (SSSR count). The monoisotopic (exact) mass is 440 g/mol. The fourth-order valence-corrected chi connectivity index (χ4v) is 4.73. The number of aromatic nitrogens is 3. The fourth-order valence-electron chi connectivity index (χ4n) is 3.62. The van der Waals surface area contributed by atoms with Crippen LogP contribution in [0, 0.1) is 6.92 Å². The molecular formula is C25H20N4O2S. The van der Waals surface area contributed by atoms with E-state index in [1.165, 1.54) is 0 Å². The molecule has 158 valence electrons. The summed E-state index contributed by atoms with van der Waals surface area (Å²) in [5.41, 5.74) is 10.9. The molecule has 0 aliphatic rings. The topological polar surface area (TPSA) is 99.8 Å². The van der Waals surface area contributed by atoms with Gasteiger partial charge in [0.25, 0.3) is 5.56 Å². The van der Waals surface area contributed by atoms with E-state index >= 15 is 0 Å². The Hall–Kier alpha value is -3.81. The van der Waals surface area contributed by atoms with E-state index in [0.717, 1.165) is 32.5 Å². The zero-order valence-electron chi connectivity index (χ0n) is 17.3. The van der Waals surface area contributed by atoms with Crippen LogP contribution in [-0.4, -0.2) is 18.7 Å². The predicted octanol–water partition coefficient (Wildman–Crippen LogP) is 4.52. The summed E-state index contributed by atoms with van der Waals surface area (Å²) >= 11 is -1.36. The minimum atomic E-state index is -1.36. The van der Waals surface area contributed by atoms with Gasteiger partial charge in [0.15, 0.2) is 4.90 Å². The number of nitrogen functional groups attached to an aromatic ring is 1. The summed E-state index contributed by atoms with van der Waals surface area (Å²) in [5.74, 6) is 0. The Bertz CT molecular complexity index is 1470. The number of aryl methyl sites for hydroxylation is 1. The number of anilines is 1. The van der Waals surface area contributed by atoms with E-state index < -0.39 is 11.4 Å². The Morgan fingerprint density at radius 1 is 0.938 bits per heavy atom. The van der Waals surface area contributed by atoms with E-state index in [-0.39, 0.29) is 5.56 Å². The molecule has 3 N–H and O–H groups in total. The van der Waals surface area contributed by atoms with E-state index in [2.05, 4.69) is 10.2 Å². The van der Waals surface area contributed by atoms with Crippen molar-refractivity contribution in [3.63, 3.8) is 0 Å². The average Bonchev–Trinajstić information content (AvgIpc) is 3.23. The highest BCUT2D eigenvalue weighted by Gasteiger charge is 2.17. The van der Waals surface area contributed by atoms with Gasteiger partial charge in [-0.15, -0.1) is 0 Å². The highest BCUT2D eigenvalue weighted by molar-refractivity contribution is 7.90. The molecule has 0 spiro atoms. The lowest BCUT2D eigenvalue weighted by Gasteiger charge is -2.12. The third-order valence-corrected chi connectivity index (χ3v) is 6.73. The molecule has 2 heterocycles. The Labute approximate surface area is 187 Å². The molecule has 32 heavy (non-hydrogen) atoms. The maximum atomic E-state index is 13.1. The largest absolute Gasteiger partial charge is 0.587 e. The normalized spacial score (nSPS) is 12.2. The van der Waals surface area contributed by atoms with Crippen molar-refractivity contribution in [2.75, 3.05) is 5.73 Å². The summed E-state index contributed by atoms with van der Waals surface area (Å²) in [4.78, 5) is 13.3. The van der Waals surface area contributed by atoms with Crippen LogP contribution in [0.2, 0.25) is 0 Å². The second-order valence-electron chi connectivity index (χ2n) is 7.60. The first-order chi connectivity index (χ1) is 15.5. The molecule has 7 heteroatoms. The summed E-state index contributed by atoms with van der Waals surface area (Å²) in [6, 6.07) is 24.3. The molecule has 1 unspecified atom stereocenters. The third-order valence-electron chi connectivity index (χ3n) is 5.38. The molecule has 0 amide bonds. The lowest BCUT2D eigenvalue weighted by Crippen LogP contribution is -2.12. The maximum Gasteiger partial charge on any atom is 0.272 e. The van der Waals surface area contributed by atoms with Gasteiger partial charge in [-0.05, 0) is 61.0 Å². The Morgan fingerprint density at radius 3 is 2.41 bits per heavy atom. The van der Waals surface area contributed by atoms with E-state index in [4.69, 9.17) is 5.73 Å². The van der Waals surface area contributed by atoms with Gasteiger partial charge in [-0.2, -0.15) is 9.07 Å². The van der Waals surface area contributed by atoms with Crippen LogP contribution >= 0.6 is 0 Å². The molecule has 0 saturated carbocycles. The van der Waals surface area contributed by atoms with Crippen molar-refractivity contribution in [2.45, 2.75) is 11.8 Å². The van der Waals surface area contributed by atoms with Gasteiger partial charge < -0.3 is 10.3 Å². The van der Waals surface area contributed by atoms with Gasteiger partial charge in [0, 0.05) is 16.6 Å². The molecule has 6 nitrogen and oxygen atoms in total. The molecule has 0 aliphatic heterocycles. The molecule has 5 aromatic rings. The highest BCUT2D eigenvalue weighted by Crippen LogP contribution is 2.28. The standard InChI is InChI=1S/C25H20N4O2S/c1-16-2-9-21(10-3-16)32(31)29-13-12-19-14-18(6-11-24(19)29)22-15-23(27-28-25(22)30)17-4-7-20(26)8-5-17/h2-15H,26H2,1H3,(H,28,30). The van der Waals surface area contributed by atoms with Crippen molar-refractivity contribution < 1.29 is 4.55 Å². The molecule has 0 radical (unpaired) electrons. The van der Waals surface area contributed by atoms with Crippen LogP contribution in [0.25, 0.3) is 33.3 Å². The molecule has 2 aromatic heterocycles. The molecule has 1 atom stereocenters. The van der Waals surface area contributed by atoms with Crippen molar-refractivity contribution in [1.82, 2.24) is 14.2 Å². The minimum absolute atomic E-state index is 0.272. The van der Waals surface area contributed by atoms with E-state index in [0.29, 0.717) is 16.9 Å². The first-order valence-corrected chi connectivity index (χ1v) is 11.2. The van der Waals surface area contributed by atoms with Crippen LogP contribution in [0.3, 0.4) is 0 Å². The number of fused-ring (bicyclic) bond motifs is 1. The molecule has 0 bridgehead atoms. The summed E-state index contributed by atoms with van der Waals surface area (Å²) in [5, 5.41) is 7.65. The summed E-state index contributed by atoms with van der Waals surface area (Å²) in [7, 11) is 0. The molecule has 0 saturated heterocycles. The smallest absolute Gasteiger partial charge is 0.272 e. The van der Waals surface area contributed by atoms with Crippen molar-refractivity contribution in [3.8, 4) is 22.4 Å². The van der Waals surface area contributed by atoms with Gasteiger partial charge in [-0.3, -0.25) is 4.79 Å². The summed E-state index contributed by atoms with van der Waals surface area (Å²) < 4.78 is 14.8. The first kappa shape index (κ1) is 20.1. The van der Waals surface area contributed by atoms with Crippen molar-refractivity contribution in [1.29, 1.82) is 0 Å². The number of benzene rings is 3. The second-order valence-corrected chi connectivity index (χ2v) is 8.96. The first-order valence-electron chi connectivity index (χ1n) is 10.1. The van der Waals surface area contributed by atoms with Crippen molar-refractivity contribution in [2.24, 2.45) is 0 Å². The number of nitrogens with two attached hydrogens (primary N) is 1. The number of rotatable bonds is 4. The van der Waals surface area contributed by atoms with E-state index in [1.54, 1.807) is 28.4 Å². The van der Waals surface area contributed by atoms with Crippen molar-refractivity contribution >= 4 is 28.0 Å². The number of hydrogen-bond donors (Lipinski definition) is 2. The maximum absolute atomic E-state index is 13.1. The van der Waals surface area contributed by atoms with Gasteiger partial charge >= 0.3 is 0 Å². The van der Waals surface area contributed by atoms with Crippen LogP contribution < -0.4 is 11.3 Å². The lowest BCUT2D eigenvalue weighted by atomic mass is 10.0. The highest BCUT2D eigenvalue weighted by atomic mass is 32.2. The summed E-state index contributed by atoms with van der Waals surface area (Å²) in [6.45, 7) is 2.00. The summed E-state index contributed by atoms with van der Waals surface area (Å²) in [6.07, 6.45) is 1.81. The number of nitrogens with zero attached hydrogens (tertiary/aromatic N) is 2. The van der Waals surface area contributed by atoms with E-state index in [9.17, 15) is 9.35 Å². The van der Waals surface area contributed by atoms with Gasteiger partial charge in [0.1, 0.15) is 11.4 Å². The quantitative estimate of drug-likeness (QED) is 0.317. The van der Waals surface area contributed by atoms with Gasteiger partial charge in [-0.25, -0.2) is 5.10 Å². The zero-order valence-corrected chi connectivity index (χ0v) is 18.1. The third kappa shape index (κ3) is 3.68. The Morgan fingerprint density at radius 2 is 1.66 bits per heavy atom. The SMILES string of the molecule is Cc1ccc([S+]([O-])n2ccc3cc(-c4cc(-c5ccc(N)cc5)n[nH]c4=O)ccc32)cc1. The van der Waals surface area contributed by atoms with Crippen LogP contribution in [-0.2, 0) is 11.4 Å². The molecular weight excluding hydrogens is 420 g/mol. The van der Waals surface area contributed by atoms with Gasteiger partial charge in [0.05, 0.1) is 23.0 Å². The predicted molar refractivity (Wildman–Crippen MR) is 129 cm³/mol. The number of H-pyrrole nitrogens is 1. The number of nitrogens with one attached hydrogen (secondary N) is 1. The van der Waals surface area contributed by atoms with Gasteiger partial charge in [-0.1, -0.05) is 35.9 Å².